The topological polar surface area (TPSA) is 41.5 Å². The third-order valence-electron chi connectivity index (χ3n) is 3.60. The molecule has 5 heteroatoms. The minimum absolute atomic E-state index is 0.754. The summed E-state index contributed by atoms with van der Waals surface area (Å²) in [5, 5.41) is 0. The zero-order valence-corrected chi connectivity index (χ0v) is 12.2. The van der Waals surface area contributed by atoms with Crippen LogP contribution in [0.25, 0.3) is 0 Å². The van der Waals surface area contributed by atoms with Gasteiger partial charge in [0, 0.05) is 50.6 Å². The molecule has 0 radical (unpaired) electrons. The molecule has 0 amide bonds. The molecular formula is C14H24N4O. The second kappa shape index (κ2) is 6.93. The van der Waals surface area contributed by atoms with Gasteiger partial charge >= 0.3 is 0 Å². The van der Waals surface area contributed by atoms with Crippen LogP contribution in [0.4, 0.5) is 0 Å². The van der Waals surface area contributed by atoms with Gasteiger partial charge in [-0.1, -0.05) is 6.92 Å². The molecule has 0 spiro atoms. The lowest BCUT2D eigenvalue weighted by atomic mass is 10.1. The third-order valence-corrected chi connectivity index (χ3v) is 3.60. The van der Waals surface area contributed by atoms with Crippen LogP contribution in [0.2, 0.25) is 0 Å². The van der Waals surface area contributed by atoms with Crippen molar-refractivity contribution in [2.45, 2.75) is 26.4 Å². The minimum Gasteiger partial charge on any atom is -0.383 e. The molecule has 1 aromatic rings. The third kappa shape index (κ3) is 3.96. The van der Waals surface area contributed by atoms with Crippen molar-refractivity contribution in [3.05, 3.63) is 23.3 Å². The molecule has 0 atom stereocenters. The summed E-state index contributed by atoms with van der Waals surface area (Å²) in [7, 11) is 3.88. The lowest BCUT2D eigenvalue weighted by molar-refractivity contribution is 0.146. The van der Waals surface area contributed by atoms with Crippen LogP contribution in [0, 0.1) is 0 Å². The van der Waals surface area contributed by atoms with E-state index in [-0.39, 0.29) is 0 Å². The summed E-state index contributed by atoms with van der Waals surface area (Å²) in [6.45, 7) is 7.69. The van der Waals surface area contributed by atoms with Crippen molar-refractivity contribution in [3.8, 4) is 0 Å². The highest BCUT2D eigenvalue weighted by Gasteiger charge is 2.16. The lowest BCUT2D eigenvalue weighted by Gasteiger charge is -2.25. The minimum atomic E-state index is 0.754. The molecule has 0 saturated heterocycles. The van der Waals surface area contributed by atoms with E-state index in [0.29, 0.717) is 0 Å². The van der Waals surface area contributed by atoms with Gasteiger partial charge in [0.2, 0.25) is 0 Å². The SMILES string of the molecule is CCN(CCOC)Cc1ncc2c(n1)CCN(C)C2. The second-order valence-electron chi connectivity index (χ2n) is 5.11. The number of aromatic nitrogens is 2. The van der Waals surface area contributed by atoms with E-state index < -0.39 is 0 Å². The first kappa shape index (κ1) is 14.4. The number of methoxy groups -OCH3 is 1. The van der Waals surface area contributed by atoms with Crippen molar-refractivity contribution in [2.75, 3.05) is 40.4 Å². The van der Waals surface area contributed by atoms with E-state index in [1.165, 1.54) is 11.3 Å². The normalized spacial score (nSPS) is 15.8. The number of fused-ring (bicyclic) bond motifs is 1. The quantitative estimate of drug-likeness (QED) is 0.764. The van der Waals surface area contributed by atoms with E-state index in [9.17, 15) is 0 Å². The fraction of sp³-hybridized carbons (Fsp3) is 0.714. The van der Waals surface area contributed by atoms with Gasteiger partial charge < -0.3 is 9.64 Å². The average Bonchev–Trinajstić information content (AvgIpc) is 2.43. The molecule has 0 aromatic carbocycles. The first-order valence-electron chi connectivity index (χ1n) is 6.96. The Hall–Kier alpha value is -1.04. The van der Waals surface area contributed by atoms with Crippen LogP contribution in [-0.2, 0) is 24.2 Å². The van der Waals surface area contributed by atoms with E-state index >= 15 is 0 Å². The summed E-state index contributed by atoms with van der Waals surface area (Å²) in [4.78, 5) is 13.8. The molecule has 0 fully saturated rings. The lowest BCUT2D eigenvalue weighted by Crippen LogP contribution is -2.30. The smallest absolute Gasteiger partial charge is 0.142 e. The van der Waals surface area contributed by atoms with E-state index in [1.54, 1.807) is 7.11 Å². The summed E-state index contributed by atoms with van der Waals surface area (Å²) in [6.07, 6.45) is 3.03. The van der Waals surface area contributed by atoms with Crippen molar-refractivity contribution in [1.29, 1.82) is 0 Å². The van der Waals surface area contributed by atoms with Crippen molar-refractivity contribution >= 4 is 0 Å². The van der Waals surface area contributed by atoms with Gasteiger partial charge in [0.1, 0.15) is 5.82 Å². The Labute approximate surface area is 115 Å². The molecular weight excluding hydrogens is 240 g/mol. The zero-order valence-electron chi connectivity index (χ0n) is 12.2. The van der Waals surface area contributed by atoms with Gasteiger partial charge in [-0.05, 0) is 13.6 Å². The average molecular weight is 264 g/mol. The number of nitrogens with zero attached hydrogens (tertiary/aromatic N) is 4. The first-order valence-corrected chi connectivity index (χ1v) is 6.96. The second-order valence-corrected chi connectivity index (χ2v) is 5.11. The van der Waals surface area contributed by atoms with E-state index in [4.69, 9.17) is 9.72 Å². The molecule has 0 saturated carbocycles. The number of likely N-dealkylation sites (N-methyl/N-ethyl adjacent to an activating group) is 2. The Morgan fingerprint density at radius 3 is 3.05 bits per heavy atom. The molecule has 0 aliphatic carbocycles. The highest BCUT2D eigenvalue weighted by molar-refractivity contribution is 5.20. The standard InChI is InChI=1S/C14H24N4O/c1-4-18(7-8-19-3)11-14-15-9-12-10-17(2)6-5-13(12)16-14/h9H,4-8,10-11H2,1-3H3. The fourth-order valence-corrected chi connectivity index (χ4v) is 2.34. The largest absolute Gasteiger partial charge is 0.383 e. The number of ether oxygens (including phenoxy) is 1. The van der Waals surface area contributed by atoms with Crippen molar-refractivity contribution in [2.24, 2.45) is 0 Å². The summed E-state index contributed by atoms with van der Waals surface area (Å²) < 4.78 is 5.13. The van der Waals surface area contributed by atoms with Gasteiger partial charge in [-0.15, -0.1) is 0 Å². The Balaban J connectivity index is 2.01. The molecule has 2 rings (SSSR count). The van der Waals surface area contributed by atoms with Crippen LogP contribution < -0.4 is 0 Å². The van der Waals surface area contributed by atoms with Gasteiger partial charge in [-0.2, -0.15) is 0 Å². The molecule has 1 aliphatic heterocycles. The summed E-state index contributed by atoms with van der Waals surface area (Å²) in [5.41, 5.74) is 2.50. The number of hydrogen-bond donors (Lipinski definition) is 0. The van der Waals surface area contributed by atoms with Crippen LogP contribution in [0.15, 0.2) is 6.20 Å². The van der Waals surface area contributed by atoms with Crippen LogP contribution in [0.5, 0.6) is 0 Å². The molecule has 2 heterocycles. The molecule has 0 N–H and O–H groups in total. The van der Waals surface area contributed by atoms with Crippen LogP contribution in [0.1, 0.15) is 24.0 Å². The molecule has 5 nitrogen and oxygen atoms in total. The number of hydrogen-bond acceptors (Lipinski definition) is 5. The maximum absolute atomic E-state index is 5.13. The molecule has 1 aliphatic rings. The summed E-state index contributed by atoms with van der Waals surface area (Å²) in [6, 6.07) is 0. The van der Waals surface area contributed by atoms with Crippen LogP contribution in [-0.4, -0.2) is 60.2 Å². The van der Waals surface area contributed by atoms with Crippen molar-refractivity contribution in [3.63, 3.8) is 0 Å². The first-order chi connectivity index (χ1) is 9.22. The number of rotatable bonds is 6. The highest BCUT2D eigenvalue weighted by atomic mass is 16.5. The molecule has 19 heavy (non-hydrogen) atoms. The fourth-order valence-electron chi connectivity index (χ4n) is 2.34. The van der Waals surface area contributed by atoms with E-state index in [0.717, 1.165) is 51.6 Å². The summed E-state index contributed by atoms with van der Waals surface area (Å²) in [5.74, 6) is 0.932. The van der Waals surface area contributed by atoms with Gasteiger partial charge in [-0.3, -0.25) is 4.90 Å². The Morgan fingerprint density at radius 1 is 1.47 bits per heavy atom. The monoisotopic (exact) mass is 264 g/mol. The molecule has 0 bridgehead atoms. The maximum Gasteiger partial charge on any atom is 0.142 e. The highest BCUT2D eigenvalue weighted by Crippen LogP contribution is 2.15. The van der Waals surface area contributed by atoms with Crippen molar-refractivity contribution in [1.82, 2.24) is 19.8 Å². The molecule has 1 aromatic heterocycles. The Kier molecular flexibility index (Phi) is 5.24. The van der Waals surface area contributed by atoms with Crippen LogP contribution >= 0.6 is 0 Å². The predicted molar refractivity (Wildman–Crippen MR) is 74.9 cm³/mol. The van der Waals surface area contributed by atoms with Gasteiger partial charge in [0.15, 0.2) is 0 Å². The van der Waals surface area contributed by atoms with Crippen LogP contribution in [0.3, 0.4) is 0 Å². The maximum atomic E-state index is 5.13. The van der Waals surface area contributed by atoms with Crippen molar-refractivity contribution < 1.29 is 4.74 Å². The molecule has 106 valence electrons. The van der Waals surface area contributed by atoms with Gasteiger partial charge in [0.25, 0.3) is 0 Å². The van der Waals surface area contributed by atoms with Gasteiger partial charge in [-0.25, -0.2) is 9.97 Å². The molecule has 0 unspecified atom stereocenters. The Bertz CT molecular complexity index is 410. The van der Waals surface area contributed by atoms with Gasteiger partial charge in [0.05, 0.1) is 13.2 Å². The van der Waals surface area contributed by atoms with E-state index in [1.807, 2.05) is 6.20 Å². The Morgan fingerprint density at radius 2 is 2.32 bits per heavy atom. The predicted octanol–water partition coefficient (Wildman–Crippen LogP) is 0.933. The summed E-state index contributed by atoms with van der Waals surface area (Å²) >= 11 is 0. The van der Waals surface area contributed by atoms with E-state index in [2.05, 4.69) is 28.8 Å². The zero-order chi connectivity index (χ0) is 13.7.